The van der Waals surface area contributed by atoms with E-state index in [2.05, 4.69) is 15.4 Å². The van der Waals surface area contributed by atoms with E-state index in [1.54, 1.807) is 0 Å². The van der Waals surface area contributed by atoms with Crippen LogP contribution in [0, 0.1) is 6.92 Å². The maximum Gasteiger partial charge on any atom is 0.317 e. The van der Waals surface area contributed by atoms with Crippen molar-refractivity contribution in [2.45, 2.75) is 6.92 Å². The molecule has 1 aromatic heterocycles. The van der Waals surface area contributed by atoms with Crippen LogP contribution in [0.3, 0.4) is 0 Å². The van der Waals surface area contributed by atoms with Crippen LogP contribution in [-0.2, 0) is 0 Å². The minimum absolute atomic E-state index is 0.0165. The molecule has 0 radical (unpaired) electrons. The van der Waals surface area contributed by atoms with E-state index in [9.17, 15) is 4.79 Å². The number of likely N-dealkylation sites (N-methyl/N-ethyl adjacent to an activating group) is 1. The average molecular weight is 281 g/mol. The predicted octanol–water partition coefficient (Wildman–Crippen LogP) is 0.376. The van der Waals surface area contributed by atoms with E-state index in [1.165, 1.54) is 0 Å². The van der Waals surface area contributed by atoms with Gasteiger partial charge in [0.05, 0.1) is 0 Å². The van der Waals surface area contributed by atoms with Crippen molar-refractivity contribution < 1.29 is 9.32 Å². The van der Waals surface area contributed by atoms with Gasteiger partial charge in [-0.1, -0.05) is 5.16 Å². The van der Waals surface area contributed by atoms with Crippen molar-refractivity contribution in [3.05, 3.63) is 11.8 Å². The van der Waals surface area contributed by atoms with Gasteiger partial charge in [-0.05, 0) is 21.0 Å². The average Bonchev–Trinajstić information content (AvgIpc) is 2.85. The summed E-state index contributed by atoms with van der Waals surface area (Å²) in [4.78, 5) is 18.0. The van der Waals surface area contributed by atoms with Crippen molar-refractivity contribution >= 4 is 11.8 Å². The standard InChI is InChI=1S/C13H23N5O2/c1-11-10-12(15-20-11)17-6-8-18(9-7-17)13(19)14-4-5-16(2)3/h10H,4-9H2,1-3H3,(H,14,19). The molecule has 0 atom stereocenters. The van der Waals surface area contributed by atoms with Gasteiger partial charge in [0, 0.05) is 45.3 Å². The molecule has 1 saturated heterocycles. The molecule has 0 unspecified atom stereocenters. The summed E-state index contributed by atoms with van der Waals surface area (Å²) < 4.78 is 5.08. The Bertz CT molecular complexity index is 438. The molecular formula is C13H23N5O2. The molecule has 0 bridgehead atoms. The van der Waals surface area contributed by atoms with E-state index in [-0.39, 0.29) is 6.03 Å². The maximum atomic E-state index is 12.0. The van der Waals surface area contributed by atoms with Crippen LogP contribution >= 0.6 is 0 Å². The van der Waals surface area contributed by atoms with E-state index < -0.39 is 0 Å². The quantitative estimate of drug-likeness (QED) is 0.864. The number of aryl methyl sites for hydroxylation is 1. The fraction of sp³-hybridized carbons (Fsp3) is 0.692. The number of hydrogen-bond acceptors (Lipinski definition) is 5. The van der Waals surface area contributed by atoms with Crippen LogP contribution in [0.25, 0.3) is 0 Å². The van der Waals surface area contributed by atoms with Crippen LogP contribution in [0.4, 0.5) is 10.6 Å². The van der Waals surface area contributed by atoms with Crippen molar-refractivity contribution in [2.24, 2.45) is 0 Å². The molecule has 7 heteroatoms. The highest BCUT2D eigenvalue weighted by atomic mass is 16.5. The zero-order valence-electron chi connectivity index (χ0n) is 12.4. The summed E-state index contributed by atoms with van der Waals surface area (Å²) in [5, 5.41) is 6.94. The molecule has 112 valence electrons. The van der Waals surface area contributed by atoms with E-state index >= 15 is 0 Å². The van der Waals surface area contributed by atoms with Crippen molar-refractivity contribution in [3.8, 4) is 0 Å². The number of nitrogens with one attached hydrogen (secondary N) is 1. The molecule has 0 saturated carbocycles. The molecule has 0 aromatic carbocycles. The second-order valence-electron chi connectivity index (χ2n) is 5.31. The Morgan fingerprint density at radius 1 is 1.40 bits per heavy atom. The summed E-state index contributed by atoms with van der Waals surface area (Å²) in [5.41, 5.74) is 0. The van der Waals surface area contributed by atoms with Gasteiger partial charge >= 0.3 is 6.03 Å². The van der Waals surface area contributed by atoms with Crippen molar-refractivity contribution in [2.75, 3.05) is 58.3 Å². The summed E-state index contributed by atoms with van der Waals surface area (Å²) in [6, 6.07) is 1.94. The molecule has 7 nitrogen and oxygen atoms in total. The van der Waals surface area contributed by atoms with Gasteiger partial charge in [-0.25, -0.2) is 4.79 Å². The number of rotatable bonds is 4. The van der Waals surface area contributed by atoms with Crippen LogP contribution in [-0.4, -0.2) is 74.4 Å². The molecule has 2 amide bonds. The third-order valence-corrected chi connectivity index (χ3v) is 3.34. The van der Waals surface area contributed by atoms with E-state index in [0.29, 0.717) is 19.6 Å². The minimum Gasteiger partial charge on any atom is -0.360 e. The van der Waals surface area contributed by atoms with E-state index in [0.717, 1.165) is 31.2 Å². The van der Waals surface area contributed by atoms with E-state index in [4.69, 9.17) is 4.52 Å². The van der Waals surface area contributed by atoms with Gasteiger partial charge in [-0.2, -0.15) is 0 Å². The van der Waals surface area contributed by atoms with Gasteiger partial charge in [0.15, 0.2) is 5.82 Å². The Morgan fingerprint density at radius 2 is 2.10 bits per heavy atom. The highest BCUT2D eigenvalue weighted by molar-refractivity contribution is 5.74. The fourth-order valence-electron chi connectivity index (χ4n) is 2.14. The topological polar surface area (TPSA) is 64.8 Å². The summed E-state index contributed by atoms with van der Waals surface area (Å²) in [5.74, 6) is 1.67. The lowest BCUT2D eigenvalue weighted by atomic mass is 10.3. The molecular weight excluding hydrogens is 258 g/mol. The first-order valence-electron chi connectivity index (χ1n) is 6.92. The Balaban J connectivity index is 1.75. The summed E-state index contributed by atoms with van der Waals surface area (Å²) in [6.45, 7) is 6.39. The number of aromatic nitrogens is 1. The SMILES string of the molecule is Cc1cc(N2CCN(C(=O)NCCN(C)C)CC2)no1. The second kappa shape index (κ2) is 6.60. The molecule has 20 heavy (non-hydrogen) atoms. The third-order valence-electron chi connectivity index (χ3n) is 3.34. The van der Waals surface area contributed by atoms with Crippen LogP contribution in [0.5, 0.6) is 0 Å². The lowest BCUT2D eigenvalue weighted by Gasteiger charge is -2.34. The van der Waals surface area contributed by atoms with Crippen LogP contribution in [0.15, 0.2) is 10.6 Å². The van der Waals surface area contributed by atoms with Crippen molar-refractivity contribution in [1.29, 1.82) is 0 Å². The molecule has 0 aliphatic carbocycles. The number of piperazine rings is 1. The number of hydrogen-bond donors (Lipinski definition) is 1. The second-order valence-corrected chi connectivity index (χ2v) is 5.31. The molecule has 1 N–H and O–H groups in total. The van der Waals surface area contributed by atoms with Crippen LogP contribution in [0.1, 0.15) is 5.76 Å². The molecule has 1 fully saturated rings. The first-order valence-corrected chi connectivity index (χ1v) is 6.92. The zero-order valence-corrected chi connectivity index (χ0v) is 12.4. The molecule has 1 aliphatic rings. The number of nitrogens with zero attached hydrogens (tertiary/aromatic N) is 4. The Kier molecular flexibility index (Phi) is 4.84. The summed E-state index contributed by atoms with van der Waals surface area (Å²) in [7, 11) is 3.98. The number of carbonyl (C=O) groups excluding carboxylic acids is 1. The van der Waals surface area contributed by atoms with Crippen molar-refractivity contribution in [3.63, 3.8) is 0 Å². The highest BCUT2D eigenvalue weighted by Gasteiger charge is 2.22. The largest absolute Gasteiger partial charge is 0.360 e. The molecule has 0 spiro atoms. The summed E-state index contributed by atoms with van der Waals surface area (Å²) in [6.07, 6.45) is 0. The summed E-state index contributed by atoms with van der Waals surface area (Å²) >= 11 is 0. The molecule has 2 rings (SSSR count). The number of anilines is 1. The van der Waals surface area contributed by atoms with Crippen LogP contribution < -0.4 is 10.2 Å². The number of urea groups is 1. The third kappa shape index (κ3) is 3.86. The van der Waals surface area contributed by atoms with Crippen molar-refractivity contribution in [1.82, 2.24) is 20.3 Å². The molecule has 1 aromatic rings. The normalized spacial score (nSPS) is 15.8. The first-order chi connectivity index (χ1) is 9.56. The maximum absolute atomic E-state index is 12.0. The van der Waals surface area contributed by atoms with Crippen LogP contribution in [0.2, 0.25) is 0 Å². The Labute approximate surface area is 119 Å². The lowest BCUT2D eigenvalue weighted by molar-refractivity contribution is 0.193. The number of carbonyl (C=O) groups is 1. The van der Waals surface area contributed by atoms with Gasteiger partial charge in [0.25, 0.3) is 0 Å². The smallest absolute Gasteiger partial charge is 0.317 e. The van der Waals surface area contributed by atoms with E-state index in [1.807, 2.05) is 36.9 Å². The highest BCUT2D eigenvalue weighted by Crippen LogP contribution is 2.15. The monoisotopic (exact) mass is 281 g/mol. The van der Waals surface area contributed by atoms with Gasteiger partial charge in [-0.15, -0.1) is 0 Å². The molecule has 1 aliphatic heterocycles. The van der Waals surface area contributed by atoms with Gasteiger partial charge in [-0.3, -0.25) is 0 Å². The van der Waals surface area contributed by atoms with Gasteiger partial charge in [0.2, 0.25) is 0 Å². The van der Waals surface area contributed by atoms with Gasteiger partial charge in [0.1, 0.15) is 5.76 Å². The predicted molar refractivity (Wildman–Crippen MR) is 77.0 cm³/mol. The van der Waals surface area contributed by atoms with Gasteiger partial charge < -0.3 is 24.5 Å². The number of amides is 2. The zero-order chi connectivity index (χ0) is 14.5. The first kappa shape index (κ1) is 14.6. The minimum atomic E-state index is 0.0165. The molecule has 2 heterocycles. The Hall–Kier alpha value is -1.76. The Morgan fingerprint density at radius 3 is 2.65 bits per heavy atom. The lowest BCUT2D eigenvalue weighted by Crippen LogP contribution is -2.52. The fourth-order valence-corrected chi connectivity index (χ4v) is 2.14.